The van der Waals surface area contributed by atoms with E-state index in [1.165, 1.54) is 16.7 Å². The molecule has 3 aliphatic carbocycles. The molecule has 4 rings (SSSR count). The van der Waals surface area contributed by atoms with Gasteiger partial charge in [0.1, 0.15) is 0 Å². The predicted octanol–water partition coefficient (Wildman–Crippen LogP) is 8.20. The molecule has 0 spiro atoms. The molecule has 3 atom stereocenters. The monoisotopic (exact) mass is 472 g/mol. The van der Waals surface area contributed by atoms with E-state index in [1.807, 2.05) is 6.92 Å². The average molecular weight is 473 g/mol. The molecule has 0 radical (unpaired) electrons. The van der Waals surface area contributed by atoms with Crippen LogP contribution in [0.1, 0.15) is 115 Å². The van der Waals surface area contributed by atoms with E-state index < -0.39 is 5.41 Å². The summed E-state index contributed by atoms with van der Waals surface area (Å²) in [6.07, 6.45) is 3.49. The predicted molar refractivity (Wildman–Crippen MR) is 146 cm³/mol. The number of carbonyl (C=O) groups is 2. The Kier molecular flexibility index (Phi) is 5.64. The van der Waals surface area contributed by atoms with Crippen LogP contribution in [-0.4, -0.2) is 11.6 Å². The lowest BCUT2D eigenvalue weighted by Gasteiger charge is -2.59. The van der Waals surface area contributed by atoms with Crippen molar-refractivity contribution in [1.29, 1.82) is 0 Å². The molecule has 0 unspecified atom stereocenters. The standard InChI is InChI=1S/C33H44O2/c1-13-22-14-24(30(7,8)9)20(5)26-23(22)16-31(10)17-32(11)15-19(4)25(18(2)3)29(35)33(32,12)21(6)27(31)28(26)34/h14H,2,13,15-17H2,1,3-12H3/t31-,32+,33+/m1/s1. The van der Waals surface area contributed by atoms with E-state index in [0.717, 1.165) is 64.7 Å². The van der Waals surface area contributed by atoms with Gasteiger partial charge in [-0.2, -0.15) is 0 Å². The Morgan fingerprint density at radius 2 is 1.66 bits per heavy atom. The lowest BCUT2D eigenvalue weighted by Crippen LogP contribution is -2.57. The van der Waals surface area contributed by atoms with Gasteiger partial charge in [-0.15, -0.1) is 0 Å². The molecule has 2 heteroatoms. The van der Waals surface area contributed by atoms with E-state index in [4.69, 9.17) is 0 Å². The molecule has 188 valence electrons. The van der Waals surface area contributed by atoms with Crippen molar-refractivity contribution in [2.24, 2.45) is 16.2 Å². The van der Waals surface area contributed by atoms with Gasteiger partial charge in [-0.1, -0.05) is 65.3 Å². The number of benzene rings is 1. The Morgan fingerprint density at radius 1 is 1.06 bits per heavy atom. The van der Waals surface area contributed by atoms with Crippen molar-refractivity contribution in [3.8, 4) is 0 Å². The molecule has 35 heavy (non-hydrogen) atoms. The van der Waals surface area contributed by atoms with E-state index in [2.05, 4.69) is 81.9 Å². The van der Waals surface area contributed by atoms with Crippen molar-refractivity contribution in [3.63, 3.8) is 0 Å². The summed E-state index contributed by atoms with van der Waals surface area (Å²) >= 11 is 0. The number of fused-ring (bicyclic) bond motifs is 3. The van der Waals surface area contributed by atoms with Crippen LogP contribution in [0.5, 0.6) is 0 Å². The summed E-state index contributed by atoms with van der Waals surface area (Å²) in [5.74, 6) is 0.306. The second-order valence-electron chi connectivity index (χ2n) is 13.5. The van der Waals surface area contributed by atoms with Crippen LogP contribution in [0.25, 0.3) is 0 Å². The van der Waals surface area contributed by atoms with E-state index >= 15 is 0 Å². The third-order valence-electron chi connectivity index (χ3n) is 9.90. The van der Waals surface area contributed by atoms with Crippen LogP contribution in [0.3, 0.4) is 0 Å². The lowest BCUT2D eigenvalue weighted by molar-refractivity contribution is -0.132. The number of rotatable bonds is 2. The highest BCUT2D eigenvalue weighted by Crippen LogP contribution is 2.66. The summed E-state index contributed by atoms with van der Waals surface area (Å²) < 4.78 is 0. The number of carbonyl (C=O) groups excluding carboxylic acids is 2. The number of allylic oxidation sites excluding steroid dienone is 5. The molecule has 0 saturated heterocycles. The van der Waals surface area contributed by atoms with Gasteiger partial charge in [-0.05, 0) is 99.0 Å². The van der Waals surface area contributed by atoms with Crippen LogP contribution >= 0.6 is 0 Å². The van der Waals surface area contributed by atoms with E-state index in [0.29, 0.717) is 0 Å². The molecule has 1 aromatic rings. The highest BCUT2D eigenvalue weighted by molar-refractivity contribution is 6.16. The maximum atomic E-state index is 14.5. The average Bonchev–Trinajstić information content (AvgIpc) is 2.69. The zero-order valence-corrected chi connectivity index (χ0v) is 23.9. The Labute approximate surface area is 213 Å². The van der Waals surface area contributed by atoms with E-state index in [-0.39, 0.29) is 27.8 Å². The largest absolute Gasteiger partial charge is 0.293 e. The Balaban J connectivity index is 2.05. The number of aryl methyl sites for hydroxylation is 1. The minimum atomic E-state index is -0.702. The quantitative estimate of drug-likeness (QED) is 0.435. The SMILES string of the molecule is C=C(C)C1=C(C)C[C@@]2(C)C[C@@]3(C)Cc4c(CC)cc(C(C)(C)C)c(C)c4C(=O)C3=C(C)[C@@]2(C)C1=O. The van der Waals surface area contributed by atoms with Crippen molar-refractivity contribution in [2.75, 3.05) is 0 Å². The summed E-state index contributed by atoms with van der Waals surface area (Å²) in [6.45, 7) is 27.9. The maximum Gasteiger partial charge on any atom is 0.190 e. The van der Waals surface area contributed by atoms with Gasteiger partial charge in [0.15, 0.2) is 11.6 Å². The molecule has 0 aromatic heterocycles. The number of Topliss-reactive ketones (excluding diaryl/α,β-unsaturated/α-hetero) is 2. The number of hydrogen-bond acceptors (Lipinski definition) is 2. The minimum Gasteiger partial charge on any atom is -0.293 e. The fraction of sp³-hybridized carbons (Fsp3) is 0.576. The first-order valence-electron chi connectivity index (χ1n) is 13.3. The normalized spacial score (nSPS) is 30.8. The molecule has 0 N–H and O–H groups in total. The summed E-state index contributed by atoms with van der Waals surface area (Å²) in [6, 6.07) is 2.36. The molecule has 2 nitrogen and oxygen atoms in total. The summed E-state index contributed by atoms with van der Waals surface area (Å²) in [5, 5.41) is 0. The van der Waals surface area contributed by atoms with Crippen molar-refractivity contribution in [3.05, 3.63) is 68.3 Å². The molecule has 0 heterocycles. The molecular formula is C33H44O2. The van der Waals surface area contributed by atoms with Gasteiger partial charge >= 0.3 is 0 Å². The summed E-state index contributed by atoms with van der Waals surface area (Å²) in [5.41, 5.74) is 9.22. The molecule has 1 aromatic carbocycles. The molecule has 0 fully saturated rings. The zero-order chi connectivity index (χ0) is 26.5. The van der Waals surface area contributed by atoms with Gasteiger partial charge < -0.3 is 0 Å². The summed E-state index contributed by atoms with van der Waals surface area (Å²) in [7, 11) is 0. The first-order chi connectivity index (χ1) is 15.9. The number of ketones is 2. The molecule has 0 aliphatic heterocycles. The van der Waals surface area contributed by atoms with Crippen molar-refractivity contribution in [2.45, 2.75) is 107 Å². The second-order valence-corrected chi connectivity index (χ2v) is 13.5. The van der Waals surface area contributed by atoms with Gasteiger partial charge in [0.05, 0.1) is 5.41 Å². The van der Waals surface area contributed by atoms with E-state index in [9.17, 15) is 9.59 Å². The smallest absolute Gasteiger partial charge is 0.190 e. The van der Waals surface area contributed by atoms with Crippen LogP contribution in [-0.2, 0) is 23.1 Å². The number of hydrogen-bond donors (Lipinski definition) is 0. The van der Waals surface area contributed by atoms with E-state index in [1.54, 1.807) is 0 Å². The van der Waals surface area contributed by atoms with Gasteiger partial charge in [0, 0.05) is 22.1 Å². The van der Waals surface area contributed by atoms with Crippen LogP contribution in [0.15, 0.2) is 40.5 Å². The topological polar surface area (TPSA) is 34.1 Å². The van der Waals surface area contributed by atoms with Crippen LogP contribution in [0.2, 0.25) is 0 Å². The highest BCUT2D eigenvalue weighted by Gasteiger charge is 2.63. The summed E-state index contributed by atoms with van der Waals surface area (Å²) in [4.78, 5) is 28.7. The fourth-order valence-electron chi connectivity index (χ4n) is 8.25. The fourth-order valence-corrected chi connectivity index (χ4v) is 8.25. The molecule has 0 bridgehead atoms. The third-order valence-corrected chi connectivity index (χ3v) is 9.90. The Hall–Kier alpha value is -2.22. The molecule has 0 amide bonds. The second kappa shape index (κ2) is 7.64. The first kappa shape index (κ1) is 25.9. The van der Waals surface area contributed by atoms with Crippen LogP contribution < -0.4 is 0 Å². The lowest BCUT2D eigenvalue weighted by atomic mass is 9.42. The zero-order valence-electron chi connectivity index (χ0n) is 23.9. The highest BCUT2D eigenvalue weighted by atomic mass is 16.1. The molecule has 3 aliphatic rings. The maximum absolute atomic E-state index is 14.5. The van der Waals surface area contributed by atoms with Gasteiger partial charge in [0.2, 0.25) is 0 Å². The van der Waals surface area contributed by atoms with Crippen LogP contribution in [0, 0.1) is 23.2 Å². The van der Waals surface area contributed by atoms with Crippen LogP contribution in [0.4, 0.5) is 0 Å². The van der Waals surface area contributed by atoms with Gasteiger partial charge in [-0.25, -0.2) is 0 Å². The van der Waals surface area contributed by atoms with Crippen molar-refractivity contribution in [1.82, 2.24) is 0 Å². The third kappa shape index (κ3) is 3.27. The van der Waals surface area contributed by atoms with Gasteiger partial charge in [-0.3, -0.25) is 9.59 Å². The Bertz CT molecular complexity index is 1260. The van der Waals surface area contributed by atoms with Gasteiger partial charge in [0.25, 0.3) is 0 Å². The van der Waals surface area contributed by atoms with Crippen molar-refractivity contribution < 1.29 is 9.59 Å². The molecular weight excluding hydrogens is 428 g/mol. The first-order valence-corrected chi connectivity index (χ1v) is 13.3. The minimum absolute atomic E-state index is 0.0390. The van der Waals surface area contributed by atoms with Crippen molar-refractivity contribution >= 4 is 11.6 Å². The molecule has 0 saturated carbocycles. The Morgan fingerprint density at radius 3 is 2.17 bits per heavy atom.